The van der Waals surface area contributed by atoms with Crippen LogP contribution in [-0.2, 0) is 23.9 Å². The minimum absolute atomic E-state index is 0.0286. The van der Waals surface area contributed by atoms with Crippen molar-refractivity contribution in [2.75, 3.05) is 12.3 Å². The lowest BCUT2D eigenvalue weighted by molar-refractivity contribution is -0.137. The highest BCUT2D eigenvalue weighted by Gasteiger charge is 2.59. The molecule has 306 valence electrons. The summed E-state index contributed by atoms with van der Waals surface area (Å²) in [6.07, 6.45) is 8.95. The van der Waals surface area contributed by atoms with E-state index in [1.165, 1.54) is 29.5 Å². The lowest BCUT2D eigenvalue weighted by atomic mass is 9.85. The molecule has 11 heteroatoms. The largest absolute Gasteiger partial charge is 0.444 e. The Morgan fingerprint density at radius 3 is 2.12 bits per heavy atom. The Hall–Kier alpha value is -3.70. The predicted molar refractivity (Wildman–Crippen MR) is 235 cm³/mol. The van der Waals surface area contributed by atoms with Crippen LogP contribution in [0.1, 0.15) is 106 Å². The molecule has 56 heavy (non-hydrogen) atoms. The van der Waals surface area contributed by atoms with Crippen molar-refractivity contribution >= 4 is 56.2 Å². The van der Waals surface area contributed by atoms with E-state index in [1.807, 2.05) is 64.3 Å². The van der Waals surface area contributed by atoms with Gasteiger partial charge in [0.05, 0.1) is 4.75 Å². The minimum Gasteiger partial charge on any atom is -0.444 e. The maximum Gasteiger partial charge on any atom is 0.408 e. The number of nitrogens with one attached hydrogen (secondary N) is 3. The van der Waals surface area contributed by atoms with Crippen LogP contribution >= 0.6 is 21.2 Å². The average molecular weight is 805 g/mol. The summed E-state index contributed by atoms with van der Waals surface area (Å²) in [5.41, 5.74) is 1.84. The Morgan fingerprint density at radius 1 is 0.982 bits per heavy atom. The summed E-state index contributed by atoms with van der Waals surface area (Å²) in [5.74, 6) is 1.05. The van der Waals surface area contributed by atoms with E-state index in [2.05, 4.69) is 95.0 Å². The molecule has 3 fully saturated rings. The molecule has 4 amide bonds. The Balaban J connectivity index is 0.000000290. The molecule has 2 aliphatic carbocycles. The Bertz CT molecular complexity index is 1860. The number of likely N-dealkylation sites (tertiary alicyclic amines) is 1. The van der Waals surface area contributed by atoms with Gasteiger partial charge in [-0.3, -0.25) is 14.4 Å². The first-order chi connectivity index (χ1) is 26.5. The summed E-state index contributed by atoms with van der Waals surface area (Å²) in [6.45, 7) is 20.2. The van der Waals surface area contributed by atoms with E-state index in [9.17, 15) is 19.2 Å². The Morgan fingerprint density at radius 2 is 1.62 bits per heavy atom. The molecule has 2 aromatic carbocycles. The number of amides is 4. The maximum atomic E-state index is 14.2. The first-order valence-corrected chi connectivity index (χ1v) is 23.0. The summed E-state index contributed by atoms with van der Waals surface area (Å²) < 4.78 is 8.49. The van der Waals surface area contributed by atoms with Gasteiger partial charge in [-0.05, 0) is 97.9 Å². The second-order valence-electron chi connectivity index (χ2n) is 17.8. The van der Waals surface area contributed by atoms with Gasteiger partial charge in [0.2, 0.25) is 12.3 Å². The first-order valence-electron chi connectivity index (χ1n) is 20.2. The van der Waals surface area contributed by atoms with Crippen molar-refractivity contribution in [1.29, 1.82) is 0 Å². The molecular weight excluding hydrogens is 741 g/mol. The predicted octanol–water partition coefficient (Wildman–Crippen LogP) is 8.33. The lowest BCUT2D eigenvalue weighted by Crippen LogP contribution is -2.56. The number of thioether (sulfide) groups is 1. The lowest BCUT2D eigenvalue weighted by Gasteiger charge is -2.36. The van der Waals surface area contributed by atoms with E-state index in [0.29, 0.717) is 24.6 Å². The number of rotatable bonds is 15. The van der Waals surface area contributed by atoms with Gasteiger partial charge < -0.3 is 25.0 Å². The number of benzene rings is 2. The van der Waals surface area contributed by atoms with Crippen LogP contribution < -0.4 is 15.4 Å². The molecule has 0 bridgehead atoms. The van der Waals surface area contributed by atoms with Crippen molar-refractivity contribution < 1.29 is 23.9 Å². The topological polar surface area (TPSA) is 117 Å². The van der Waals surface area contributed by atoms with Gasteiger partial charge >= 0.3 is 6.09 Å². The molecule has 9 nitrogen and oxygen atoms in total. The monoisotopic (exact) mass is 804 g/mol. The molecule has 0 aromatic heterocycles. The molecule has 2 aliphatic heterocycles. The summed E-state index contributed by atoms with van der Waals surface area (Å²) >= 11 is 1.99. The standard InChI is InChI=1S/C33H48N2O3S.C12H16N2O2S/c1-9-11-21-39-33(26-19-17-25(18-20-26)24-15-13-12-14-16-24)22-27(10-2)35(23-33)29(36)28(31(3,4)5)34-30(37)38-32(6,7)8;1-2-9-7-12(9,13-8-15)11(16)14-17(5-6-17)10-3-4-10/h12-20,27-28H,9-11,21-23H2,1-8H3,(H,34,37);2,5-6,8-10H,1,3-4,7H2,(H,13,15)(H,14,16)/t27?,28-,33+;9-,12-/m11/s1. The summed E-state index contributed by atoms with van der Waals surface area (Å²) in [7, 11) is -1.07. The fourth-order valence-electron chi connectivity index (χ4n) is 7.54. The third-order valence-corrected chi connectivity index (χ3v) is 15.7. The summed E-state index contributed by atoms with van der Waals surface area (Å²) in [6, 6.07) is 18.8. The molecule has 2 saturated carbocycles. The molecular formula is C45H64N4O5S2. The van der Waals surface area contributed by atoms with Gasteiger partial charge in [-0.1, -0.05) is 102 Å². The Kier molecular flexibility index (Phi) is 13.5. The third kappa shape index (κ3) is 10.2. The smallest absolute Gasteiger partial charge is 0.408 e. The van der Waals surface area contributed by atoms with Crippen molar-refractivity contribution in [1.82, 2.24) is 20.3 Å². The van der Waals surface area contributed by atoms with Crippen molar-refractivity contribution in [2.45, 2.75) is 134 Å². The maximum absolute atomic E-state index is 14.2. The average Bonchev–Trinajstić information content (AvgIpc) is 4.07. The van der Waals surface area contributed by atoms with Crippen LogP contribution in [-0.4, -0.2) is 80.7 Å². The number of hydrogen-bond donors (Lipinski definition) is 3. The van der Waals surface area contributed by atoms with Gasteiger partial charge in [-0.25, -0.2) is 4.79 Å². The van der Waals surface area contributed by atoms with Crippen molar-refractivity contribution in [3.05, 3.63) is 72.8 Å². The molecule has 0 spiro atoms. The normalized spacial score (nSPS) is 25.2. The van der Waals surface area contributed by atoms with Crippen LogP contribution in [0.4, 0.5) is 4.79 Å². The SMILES string of the molecule is C=C[C@@H]1C[C@]1(NC=O)C(=O)NS1(C2CC2)=CC=1.CCCCS[C@@]1(c2ccc(-c3ccccc3)cc2)CC(CC)N(C(=O)[C@@H](NC(=O)OC(C)(C)C)C(C)(C)C)C1. The second kappa shape index (κ2) is 17.4. The number of hydrogen-bond acceptors (Lipinski definition) is 6. The number of nitrogens with zero attached hydrogens (tertiary/aromatic N) is 1. The first kappa shape index (κ1) is 43.4. The fourth-order valence-corrected chi connectivity index (χ4v) is 11.9. The third-order valence-electron chi connectivity index (χ3n) is 11.2. The molecule has 2 heterocycles. The zero-order chi connectivity index (χ0) is 40.9. The molecule has 2 aromatic rings. The summed E-state index contributed by atoms with van der Waals surface area (Å²) in [5, 5.41) is 10.5. The highest BCUT2D eigenvalue weighted by Crippen LogP contribution is 2.51. The van der Waals surface area contributed by atoms with Gasteiger partial charge in [-0.2, -0.15) is 0 Å². The number of ether oxygens (including phenoxy) is 1. The number of carbonyl (C=O) groups excluding carboxylic acids is 4. The number of alkyl carbamates (subject to hydrolysis) is 1. The molecule has 0 radical (unpaired) electrons. The van der Waals surface area contributed by atoms with E-state index in [4.69, 9.17) is 4.74 Å². The van der Waals surface area contributed by atoms with E-state index >= 15 is 0 Å². The number of carbonyl (C=O) groups is 4. The van der Waals surface area contributed by atoms with Gasteiger partial charge in [-0.15, -0.1) is 27.7 Å². The van der Waals surface area contributed by atoms with Crippen LogP contribution in [0.2, 0.25) is 0 Å². The van der Waals surface area contributed by atoms with Crippen LogP contribution in [0, 0.1) is 11.3 Å². The van der Waals surface area contributed by atoms with Gasteiger partial charge in [0.15, 0.2) is 0 Å². The zero-order valence-corrected chi connectivity index (χ0v) is 36.3. The van der Waals surface area contributed by atoms with Crippen molar-refractivity contribution in [3.8, 4) is 11.1 Å². The van der Waals surface area contributed by atoms with Crippen molar-refractivity contribution in [2.24, 2.45) is 11.3 Å². The number of unbranched alkanes of at least 4 members (excludes halogenated alkanes) is 1. The van der Waals surface area contributed by atoms with Gasteiger partial charge in [0, 0.05) is 23.8 Å². The molecule has 3 N–H and O–H groups in total. The Labute approximate surface area is 340 Å². The second-order valence-corrected chi connectivity index (χ2v) is 22.2. The van der Waals surface area contributed by atoms with E-state index in [1.54, 1.807) is 6.08 Å². The van der Waals surface area contributed by atoms with Crippen LogP contribution in [0.3, 0.4) is 0 Å². The molecule has 1 saturated heterocycles. The van der Waals surface area contributed by atoms with Crippen LogP contribution in [0.5, 0.6) is 0 Å². The zero-order valence-electron chi connectivity index (χ0n) is 34.7. The molecule has 5 atom stereocenters. The summed E-state index contributed by atoms with van der Waals surface area (Å²) in [4.78, 5) is 51.9. The van der Waals surface area contributed by atoms with Crippen LogP contribution in [0.15, 0.2) is 67.3 Å². The van der Waals surface area contributed by atoms with Gasteiger partial charge in [0.25, 0.3) is 5.91 Å². The van der Waals surface area contributed by atoms with E-state index in [0.717, 1.165) is 31.4 Å². The van der Waals surface area contributed by atoms with E-state index < -0.39 is 38.1 Å². The molecule has 1 unspecified atom stereocenters. The van der Waals surface area contributed by atoms with Crippen molar-refractivity contribution in [3.63, 3.8) is 0 Å². The fraction of sp³-hybridized carbons (Fsp3) is 0.556. The minimum atomic E-state index is -1.07. The highest BCUT2D eigenvalue weighted by molar-refractivity contribution is 8.38. The van der Waals surface area contributed by atoms with Crippen LogP contribution in [0.25, 0.3) is 11.1 Å². The highest BCUT2D eigenvalue weighted by atomic mass is 32.2. The van der Waals surface area contributed by atoms with E-state index in [-0.39, 0.29) is 28.5 Å². The molecule has 4 aliphatic rings. The molecule has 6 rings (SSSR count). The van der Waals surface area contributed by atoms with Gasteiger partial charge in [0.1, 0.15) is 17.2 Å². The quantitative estimate of drug-likeness (QED) is 0.0722.